The van der Waals surface area contributed by atoms with Crippen LogP contribution in [0.4, 0.5) is 5.69 Å². The van der Waals surface area contributed by atoms with Gasteiger partial charge in [0.15, 0.2) is 11.0 Å². The number of allylic oxidation sites excluding steroid dienone is 1. The van der Waals surface area contributed by atoms with E-state index in [1.807, 2.05) is 46.7 Å². The lowest BCUT2D eigenvalue weighted by molar-refractivity contribution is -0.117. The van der Waals surface area contributed by atoms with Gasteiger partial charge in [0.25, 0.3) is 0 Å². The van der Waals surface area contributed by atoms with E-state index in [1.54, 1.807) is 18.5 Å². The third kappa shape index (κ3) is 3.45. The second-order valence-electron chi connectivity index (χ2n) is 6.57. The fourth-order valence-electron chi connectivity index (χ4n) is 3.38. The highest BCUT2D eigenvalue weighted by atomic mass is 32.2. The number of aromatic nitrogens is 4. The molecule has 6 nitrogen and oxygen atoms in total. The van der Waals surface area contributed by atoms with Crippen LogP contribution in [0.25, 0.3) is 11.4 Å². The molecule has 3 aromatic rings. The highest BCUT2D eigenvalue weighted by Gasteiger charge is 2.29. The van der Waals surface area contributed by atoms with Crippen LogP contribution >= 0.6 is 11.8 Å². The van der Waals surface area contributed by atoms with Crippen LogP contribution in [0.5, 0.6) is 0 Å². The fourth-order valence-corrected chi connectivity index (χ4v) is 4.30. The summed E-state index contributed by atoms with van der Waals surface area (Å²) in [6, 6.07) is 11.9. The Kier molecular flexibility index (Phi) is 5.25. The standard InChI is InChI=1S/C21H21N5OS/c1-3-13-26-19(17-8-11-22-12-9-17)23-24-21(26)28-15(2)20(27)25-14-10-16-6-4-5-7-18(16)25/h3-9,11-12,15H,1,10,13-14H2,2H3/t15-/m1/s1. The summed E-state index contributed by atoms with van der Waals surface area (Å²) < 4.78 is 1.98. The predicted octanol–water partition coefficient (Wildman–Crippen LogP) is 3.60. The third-order valence-corrected chi connectivity index (χ3v) is 5.82. The number of carbonyl (C=O) groups is 1. The van der Waals surface area contributed by atoms with Crippen molar-refractivity contribution in [1.29, 1.82) is 0 Å². The molecule has 0 N–H and O–H groups in total. The molecule has 1 aliphatic heterocycles. The van der Waals surface area contributed by atoms with Gasteiger partial charge in [-0.3, -0.25) is 14.3 Å². The molecular weight excluding hydrogens is 370 g/mol. The predicted molar refractivity (Wildman–Crippen MR) is 111 cm³/mol. The molecule has 0 aliphatic carbocycles. The highest BCUT2D eigenvalue weighted by Crippen LogP contribution is 2.32. The molecule has 1 aliphatic rings. The number of amides is 1. The number of anilines is 1. The molecule has 1 amide bonds. The van der Waals surface area contributed by atoms with Gasteiger partial charge >= 0.3 is 0 Å². The maximum atomic E-state index is 13.1. The average Bonchev–Trinajstić information content (AvgIpc) is 3.33. The average molecular weight is 392 g/mol. The molecule has 7 heteroatoms. The number of benzene rings is 1. The van der Waals surface area contributed by atoms with Crippen LogP contribution in [0.15, 0.2) is 66.6 Å². The summed E-state index contributed by atoms with van der Waals surface area (Å²) in [6.45, 7) is 7.06. The van der Waals surface area contributed by atoms with Crippen molar-refractivity contribution in [1.82, 2.24) is 19.7 Å². The summed E-state index contributed by atoms with van der Waals surface area (Å²) in [5.74, 6) is 0.838. The maximum absolute atomic E-state index is 13.1. The first-order chi connectivity index (χ1) is 13.7. The van der Waals surface area contributed by atoms with Crippen LogP contribution in [-0.2, 0) is 17.8 Å². The molecule has 1 atom stereocenters. The monoisotopic (exact) mass is 391 g/mol. The largest absolute Gasteiger partial charge is 0.311 e. The van der Waals surface area contributed by atoms with E-state index in [-0.39, 0.29) is 11.2 Å². The number of carbonyl (C=O) groups excluding carboxylic acids is 1. The fraction of sp³-hybridized carbons (Fsp3) is 0.238. The Morgan fingerprint density at radius 3 is 2.82 bits per heavy atom. The van der Waals surface area contributed by atoms with Crippen molar-refractivity contribution in [2.24, 2.45) is 0 Å². The van der Waals surface area contributed by atoms with E-state index >= 15 is 0 Å². The number of para-hydroxylation sites is 1. The van der Waals surface area contributed by atoms with Crippen LogP contribution in [0.3, 0.4) is 0 Å². The summed E-state index contributed by atoms with van der Waals surface area (Å²) in [5.41, 5.74) is 3.18. The third-order valence-electron chi connectivity index (χ3n) is 4.75. The van der Waals surface area contributed by atoms with Crippen LogP contribution in [-0.4, -0.2) is 37.5 Å². The lowest BCUT2D eigenvalue weighted by Crippen LogP contribution is -2.35. The minimum Gasteiger partial charge on any atom is -0.311 e. The Hall–Kier alpha value is -2.93. The topological polar surface area (TPSA) is 63.9 Å². The Morgan fingerprint density at radius 1 is 1.25 bits per heavy atom. The number of hydrogen-bond donors (Lipinski definition) is 0. The minimum atomic E-state index is -0.274. The van der Waals surface area contributed by atoms with Gasteiger partial charge in [-0.25, -0.2) is 0 Å². The quantitative estimate of drug-likeness (QED) is 0.475. The van der Waals surface area contributed by atoms with E-state index in [0.29, 0.717) is 11.7 Å². The van der Waals surface area contributed by atoms with Crippen molar-refractivity contribution in [3.05, 3.63) is 67.0 Å². The zero-order chi connectivity index (χ0) is 19.5. The normalized spacial score (nSPS) is 14.0. The van der Waals surface area contributed by atoms with E-state index in [2.05, 4.69) is 27.8 Å². The van der Waals surface area contributed by atoms with Gasteiger partial charge in [-0.1, -0.05) is 36.0 Å². The lowest BCUT2D eigenvalue weighted by Gasteiger charge is -2.21. The van der Waals surface area contributed by atoms with Crippen LogP contribution in [0, 0.1) is 0 Å². The molecule has 28 heavy (non-hydrogen) atoms. The first kappa shape index (κ1) is 18.4. The molecule has 0 spiro atoms. The van der Waals surface area contributed by atoms with Gasteiger partial charge in [-0.2, -0.15) is 0 Å². The molecule has 4 rings (SSSR count). The molecule has 0 saturated heterocycles. The number of hydrogen-bond acceptors (Lipinski definition) is 5. The van der Waals surface area contributed by atoms with E-state index in [1.165, 1.54) is 17.3 Å². The SMILES string of the molecule is C=CCn1c(S[C@H](C)C(=O)N2CCc3ccccc32)nnc1-c1ccncc1. The smallest absolute Gasteiger partial charge is 0.240 e. The molecular formula is C21H21N5OS. The van der Waals surface area contributed by atoms with Crippen molar-refractivity contribution < 1.29 is 4.79 Å². The minimum absolute atomic E-state index is 0.0913. The van der Waals surface area contributed by atoms with Crippen LogP contribution < -0.4 is 4.90 Å². The number of fused-ring (bicyclic) bond motifs is 1. The Morgan fingerprint density at radius 2 is 2.04 bits per heavy atom. The second kappa shape index (κ2) is 7.98. The Labute approximate surface area is 168 Å². The molecule has 0 saturated carbocycles. The van der Waals surface area contributed by atoms with E-state index in [9.17, 15) is 4.79 Å². The molecule has 0 fully saturated rings. The summed E-state index contributed by atoms with van der Waals surface area (Å²) in [4.78, 5) is 19.0. The zero-order valence-electron chi connectivity index (χ0n) is 15.7. The first-order valence-electron chi connectivity index (χ1n) is 9.19. The van der Waals surface area contributed by atoms with E-state index in [0.717, 1.165) is 30.0 Å². The molecule has 0 unspecified atom stereocenters. The van der Waals surface area contributed by atoms with Crippen molar-refractivity contribution in [3.63, 3.8) is 0 Å². The van der Waals surface area contributed by atoms with Crippen molar-refractivity contribution in [3.8, 4) is 11.4 Å². The summed E-state index contributed by atoms with van der Waals surface area (Å²) >= 11 is 1.43. The zero-order valence-corrected chi connectivity index (χ0v) is 16.5. The van der Waals surface area contributed by atoms with Gasteiger partial charge in [-0.05, 0) is 37.1 Å². The van der Waals surface area contributed by atoms with Crippen LogP contribution in [0.1, 0.15) is 12.5 Å². The summed E-state index contributed by atoms with van der Waals surface area (Å²) in [5, 5.41) is 9.12. The summed E-state index contributed by atoms with van der Waals surface area (Å²) in [7, 11) is 0. The molecule has 1 aromatic carbocycles. The van der Waals surface area contributed by atoms with Crippen molar-refractivity contribution >= 4 is 23.4 Å². The van der Waals surface area contributed by atoms with Gasteiger partial charge in [0.2, 0.25) is 5.91 Å². The molecule has 2 aromatic heterocycles. The Bertz CT molecular complexity index is 1000. The molecule has 142 valence electrons. The van der Waals surface area contributed by atoms with E-state index < -0.39 is 0 Å². The molecule has 0 bridgehead atoms. The molecule has 0 radical (unpaired) electrons. The van der Waals surface area contributed by atoms with Gasteiger partial charge in [-0.15, -0.1) is 16.8 Å². The number of pyridine rings is 1. The van der Waals surface area contributed by atoms with Gasteiger partial charge in [0.05, 0.1) is 5.25 Å². The number of nitrogens with zero attached hydrogens (tertiary/aromatic N) is 5. The summed E-state index contributed by atoms with van der Waals surface area (Å²) in [6.07, 6.45) is 6.16. The van der Waals surface area contributed by atoms with Crippen LogP contribution in [0.2, 0.25) is 0 Å². The lowest BCUT2D eigenvalue weighted by atomic mass is 10.2. The van der Waals surface area contributed by atoms with Crippen molar-refractivity contribution in [2.45, 2.75) is 30.3 Å². The van der Waals surface area contributed by atoms with Crippen molar-refractivity contribution in [2.75, 3.05) is 11.4 Å². The number of thioether (sulfide) groups is 1. The molecule has 3 heterocycles. The van der Waals surface area contributed by atoms with Gasteiger partial charge in [0.1, 0.15) is 0 Å². The van der Waals surface area contributed by atoms with E-state index in [4.69, 9.17) is 0 Å². The maximum Gasteiger partial charge on any atom is 0.240 e. The first-order valence-corrected chi connectivity index (χ1v) is 10.1. The van der Waals surface area contributed by atoms with Gasteiger partial charge in [0, 0.05) is 36.7 Å². The Balaban J connectivity index is 1.56. The van der Waals surface area contributed by atoms with Gasteiger partial charge < -0.3 is 4.90 Å². The number of rotatable bonds is 6. The second-order valence-corrected chi connectivity index (χ2v) is 7.88. The highest BCUT2D eigenvalue weighted by molar-refractivity contribution is 8.00.